The molecule has 4 nitrogen and oxygen atoms in total. The van der Waals surface area contributed by atoms with Crippen LogP contribution in [0.4, 0.5) is 17.3 Å². The Balaban J connectivity index is 2.03. The molecule has 2 N–H and O–H groups in total. The number of nitrogen functional groups attached to an aromatic ring is 1. The van der Waals surface area contributed by atoms with Crippen molar-refractivity contribution < 1.29 is 0 Å². The van der Waals surface area contributed by atoms with Crippen LogP contribution in [0.15, 0.2) is 30.3 Å². The van der Waals surface area contributed by atoms with Crippen LogP contribution >= 0.6 is 0 Å². The van der Waals surface area contributed by atoms with Crippen molar-refractivity contribution in [3.8, 4) is 0 Å². The highest BCUT2D eigenvalue weighted by molar-refractivity contribution is 5.65. The number of hydrogen-bond acceptors (Lipinski definition) is 4. The maximum Gasteiger partial charge on any atom is 0.141 e. The van der Waals surface area contributed by atoms with Crippen LogP contribution in [-0.4, -0.2) is 17.0 Å². The van der Waals surface area contributed by atoms with Gasteiger partial charge in [0.2, 0.25) is 0 Å². The van der Waals surface area contributed by atoms with E-state index < -0.39 is 0 Å². The maximum absolute atomic E-state index is 6.03. The molecule has 2 aromatic rings. The summed E-state index contributed by atoms with van der Waals surface area (Å²) in [6, 6.07) is 10.2. The van der Waals surface area contributed by atoms with Crippen LogP contribution in [0.2, 0.25) is 0 Å². The molecule has 1 fully saturated rings. The smallest absolute Gasteiger partial charge is 0.141 e. The molecular weight excluding hydrogens is 236 g/mol. The lowest BCUT2D eigenvalue weighted by Gasteiger charge is -2.21. The van der Waals surface area contributed by atoms with Gasteiger partial charge in [0, 0.05) is 24.2 Å². The first-order valence-electron chi connectivity index (χ1n) is 6.59. The van der Waals surface area contributed by atoms with Gasteiger partial charge in [0.15, 0.2) is 0 Å². The van der Waals surface area contributed by atoms with E-state index in [1.807, 2.05) is 32.2 Å². The average molecular weight is 254 g/mol. The van der Waals surface area contributed by atoms with Crippen molar-refractivity contribution in [3.05, 3.63) is 41.7 Å². The van der Waals surface area contributed by atoms with Crippen LogP contribution in [0, 0.1) is 6.92 Å². The third kappa shape index (κ3) is 2.26. The SMILES string of the molecule is Cc1c(N)nc(C2CC2)nc1N(C)c1ccccc1. The molecule has 3 rings (SSSR count). The zero-order chi connectivity index (χ0) is 13.4. The van der Waals surface area contributed by atoms with Gasteiger partial charge in [-0.2, -0.15) is 0 Å². The number of para-hydroxylation sites is 1. The van der Waals surface area contributed by atoms with Crippen LogP contribution in [0.25, 0.3) is 0 Å². The summed E-state index contributed by atoms with van der Waals surface area (Å²) in [5, 5.41) is 0. The van der Waals surface area contributed by atoms with Crippen LogP contribution < -0.4 is 10.6 Å². The van der Waals surface area contributed by atoms with Crippen LogP contribution in [0.1, 0.15) is 30.1 Å². The Kier molecular flexibility index (Phi) is 2.85. The van der Waals surface area contributed by atoms with Crippen molar-refractivity contribution in [2.24, 2.45) is 0 Å². The number of benzene rings is 1. The second-order valence-corrected chi connectivity index (χ2v) is 5.08. The van der Waals surface area contributed by atoms with Crippen molar-refractivity contribution in [2.75, 3.05) is 17.7 Å². The molecule has 0 unspecified atom stereocenters. The lowest BCUT2D eigenvalue weighted by Crippen LogP contribution is -2.16. The van der Waals surface area contributed by atoms with E-state index in [1.54, 1.807) is 0 Å². The van der Waals surface area contributed by atoms with Gasteiger partial charge in [-0.25, -0.2) is 9.97 Å². The van der Waals surface area contributed by atoms with Gasteiger partial charge in [-0.05, 0) is 31.9 Å². The highest BCUT2D eigenvalue weighted by Crippen LogP contribution is 2.40. The zero-order valence-electron chi connectivity index (χ0n) is 11.3. The Morgan fingerprint density at radius 2 is 1.84 bits per heavy atom. The van der Waals surface area contributed by atoms with Gasteiger partial charge in [-0.15, -0.1) is 0 Å². The van der Waals surface area contributed by atoms with E-state index in [-0.39, 0.29) is 0 Å². The van der Waals surface area contributed by atoms with Crippen LogP contribution in [0.3, 0.4) is 0 Å². The third-order valence-corrected chi connectivity index (χ3v) is 3.58. The van der Waals surface area contributed by atoms with E-state index in [1.165, 1.54) is 12.8 Å². The molecule has 98 valence electrons. The van der Waals surface area contributed by atoms with E-state index in [4.69, 9.17) is 10.7 Å². The largest absolute Gasteiger partial charge is 0.383 e. The van der Waals surface area contributed by atoms with Gasteiger partial charge in [-0.3, -0.25) is 0 Å². The molecule has 0 radical (unpaired) electrons. The van der Waals surface area contributed by atoms with E-state index in [9.17, 15) is 0 Å². The Bertz CT molecular complexity index is 591. The molecule has 1 aliphatic carbocycles. The highest BCUT2D eigenvalue weighted by atomic mass is 15.2. The number of rotatable bonds is 3. The predicted octanol–water partition coefficient (Wildman–Crippen LogP) is 3.01. The zero-order valence-corrected chi connectivity index (χ0v) is 11.3. The van der Waals surface area contributed by atoms with E-state index in [2.05, 4.69) is 22.0 Å². The topological polar surface area (TPSA) is 55.0 Å². The number of aromatic nitrogens is 2. The minimum atomic E-state index is 0.505. The summed E-state index contributed by atoms with van der Waals surface area (Å²) in [4.78, 5) is 11.2. The summed E-state index contributed by atoms with van der Waals surface area (Å²) in [5.41, 5.74) is 8.07. The van der Waals surface area contributed by atoms with Crippen LogP contribution in [0.5, 0.6) is 0 Å². The monoisotopic (exact) mass is 254 g/mol. The highest BCUT2D eigenvalue weighted by Gasteiger charge is 2.28. The van der Waals surface area contributed by atoms with Crippen molar-refractivity contribution in [1.82, 2.24) is 9.97 Å². The molecular formula is C15H18N4. The fourth-order valence-electron chi connectivity index (χ4n) is 2.16. The molecule has 1 aliphatic rings. The summed E-state index contributed by atoms with van der Waals surface area (Å²) in [5.74, 6) is 2.89. The minimum Gasteiger partial charge on any atom is -0.383 e. The minimum absolute atomic E-state index is 0.505. The Morgan fingerprint density at radius 3 is 2.47 bits per heavy atom. The number of anilines is 3. The first-order chi connectivity index (χ1) is 9.16. The summed E-state index contributed by atoms with van der Waals surface area (Å²) in [6.45, 7) is 1.97. The Hall–Kier alpha value is -2.10. The molecule has 0 spiro atoms. The van der Waals surface area contributed by atoms with Gasteiger partial charge < -0.3 is 10.6 Å². The quantitative estimate of drug-likeness (QED) is 0.914. The molecule has 1 aromatic heterocycles. The van der Waals surface area contributed by atoms with Gasteiger partial charge in [0.1, 0.15) is 17.5 Å². The molecule has 1 saturated carbocycles. The summed E-state index contributed by atoms with van der Waals surface area (Å²) < 4.78 is 0. The number of nitrogens with two attached hydrogens (primary N) is 1. The molecule has 0 amide bonds. The van der Waals surface area contributed by atoms with Crippen molar-refractivity contribution in [2.45, 2.75) is 25.7 Å². The standard InChI is InChI=1S/C15H18N4/c1-10-13(16)17-14(11-8-9-11)18-15(10)19(2)12-6-4-3-5-7-12/h3-7,11H,8-9H2,1-2H3,(H2,16,17,18). The fourth-order valence-corrected chi connectivity index (χ4v) is 2.16. The first-order valence-corrected chi connectivity index (χ1v) is 6.59. The Morgan fingerprint density at radius 1 is 1.16 bits per heavy atom. The maximum atomic E-state index is 6.03. The van der Waals surface area contributed by atoms with E-state index in [0.29, 0.717) is 11.7 Å². The predicted molar refractivity (Wildman–Crippen MR) is 77.7 cm³/mol. The summed E-state index contributed by atoms with van der Waals surface area (Å²) >= 11 is 0. The molecule has 0 bridgehead atoms. The first kappa shape index (κ1) is 12.0. The molecule has 4 heteroatoms. The van der Waals surface area contributed by atoms with Crippen LogP contribution in [-0.2, 0) is 0 Å². The van der Waals surface area contributed by atoms with Gasteiger partial charge >= 0.3 is 0 Å². The van der Waals surface area contributed by atoms with Gasteiger partial charge in [-0.1, -0.05) is 18.2 Å². The molecule has 1 heterocycles. The molecule has 19 heavy (non-hydrogen) atoms. The lowest BCUT2D eigenvalue weighted by atomic mass is 10.2. The fraction of sp³-hybridized carbons (Fsp3) is 0.333. The average Bonchev–Trinajstić information content (AvgIpc) is 3.26. The lowest BCUT2D eigenvalue weighted by molar-refractivity contribution is 0.910. The van der Waals surface area contributed by atoms with E-state index >= 15 is 0 Å². The third-order valence-electron chi connectivity index (χ3n) is 3.58. The van der Waals surface area contributed by atoms with E-state index in [0.717, 1.165) is 22.9 Å². The van der Waals surface area contributed by atoms with Crippen molar-refractivity contribution >= 4 is 17.3 Å². The normalized spacial score (nSPS) is 14.4. The number of nitrogens with zero attached hydrogens (tertiary/aromatic N) is 3. The molecule has 0 atom stereocenters. The molecule has 0 saturated heterocycles. The summed E-state index contributed by atoms with van der Waals surface area (Å²) in [7, 11) is 2.01. The van der Waals surface area contributed by atoms with Gasteiger partial charge in [0.25, 0.3) is 0 Å². The second kappa shape index (κ2) is 4.53. The molecule has 0 aliphatic heterocycles. The second-order valence-electron chi connectivity index (χ2n) is 5.08. The van der Waals surface area contributed by atoms with Gasteiger partial charge in [0.05, 0.1) is 0 Å². The molecule has 1 aromatic carbocycles. The van der Waals surface area contributed by atoms with Crippen molar-refractivity contribution in [1.29, 1.82) is 0 Å². The number of hydrogen-bond donors (Lipinski definition) is 1. The summed E-state index contributed by atoms with van der Waals surface area (Å²) in [6.07, 6.45) is 2.36. The van der Waals surface area contributed by atoms with Crippen molar-refractivity contribution in [3.63, 3.8) is 0 Å². The Labute approximate surface area is 113 Å².